The summed E-state index contributed by atoms with van der Waals surface area (Å²) in [6, 6.07) is 5.77. The van der Waals surface area contributed by atoms with Gasteiger partial charge in [-0.1, -0.05) is 22.0 Å². The summed E-state index contributed by atoms with van der Waals surface area (Å²) in [5, 5.41) is 21.9. The molecule has 0 aliphatic carbocycles. The predicted octanol–water partition coefficient (Wildman–Crippen LogP) is 2.58. The van der Waals surface area contributed by atoms with Gasteiger partial charge in [-0.3, -0.25) is 0 Å². The van der Waals surface area contributed by atoms with Gasteiger partial charge in [-0.2, -0.15) is 0 Å². The number of hydrogen-bond acceptors (Lipinski definition) is 3. The van der Waals surface area contributed by atoms with E-state index in [0.29, 0.717) is 6.42 Å². The normalized spacial score (nSPS) is 14.8. The Morgan fingerprint density at radius 1 is 1.38 bits per heavy atom. The van der Waals surface area contributed by atoms with Gasteiger partial charge in [-0.05, 0) is 32.4 Å². The van der Waals surface area contributed by atoms with Crippen LogP contribution in [0.4, 0.5) is 0 Å². The first kappa shape index (κ1) is 13.5. The molecule has 2 atom stereocenters. The second kappa shape index (κ2) is 6.23. The van der Waals surface area contributed by atoms with Crippen molar-refractivity contribution in [3.05, 3.63) is 28.2 Å². The standard InChI is InChI=1S/C12H18BrNO2/c1-8(5-6-15)14-9(2)11-4-3-10(13)7-12(11)16/h3-4,7-9,14-16H,5-6H2,1-2H3. The number of rotatable bonds is 5. The molecule has 0 aromatic heterocycles. The highest BCUT2D eigenvalue weighted by Crippen LogP contribution is 2.27. The van der Waals surface area contributed by atoms with Crippen molar-refractivity contribution in [3.8, 4) is 5.75 Å². The van der Waals surface area contributed by atoms with Crippen LogP contribution in [-0.2, 0) is 0 Å². The Morgan fingerprint density at radius 3 is 2.62 bits per heavy atom. The summed E-state index contributed by atoms with van der Waals surface area (Å²) in [4.78, 5) is 0. The molecule has 0 radical (unpaired) electrons. The molecule has 0 heterocycles. The number of benzene rings is 1. The van der Waals surface area contributed by atoms with Crippen LogP contribution in [0.25, 0.3) is 0 Å². The summed E-state index contributed by atoms with van der Waals surface area (Å²) in [6.45, 7) is 4.19. The first-order valence-electron chi connectivity index (χ1n) is 5.40. The maximum absolute atomic E-state index is 9.79. The Morgan fingerprint density at radius 2 is 2.06 bits per heavy atom. The molecule has 0 saturated heterocycles. The second-order valence-corrected chi connectivity index (χ2v) is 4.92. The zero-order valence-electron chi connectivity index (χ0n) is 9.57. The van der Waals surface area contributed by atoms with Gasteiger partial charge in [0.2, 0.25) is 0 Å². The molecular weight excluding hydrogens is 270 g/mol. The van der Waals surface area contributed by atoms with Crippen LogP contribution >= 0.6 is 15.9 Å². The van der Waals surface area contributed by atoms with Crippen molar-refractivity contribution >= 4 is 15.9 Å². The van der Waals surface area contributed by atoms with E-state index in [0.717, 1.165) is 10.0 Å². The molecule has 2 unspecified atom stereocenters. The fraction of sp³-hybridized carbons (Fsp3) is 0.500. The number of hydrogen-bond donors (Lipinski definition) is 3. The van der Waals surface area contributed by atoms with E-state index in [1.807, 2.05) is 26.0 Å². The van der Waals surface area contributed by atoms with Crippen molar-refractivity contribution in [3.63, 3.8) is 0 Å². The molecule has 0 aliphatic heterocycles. The molecule has 0 saturated carbocycles. The number of nitrogens with one attached hydrogen (secondary N) is 1. The SMILES string of the molecule is CC(CCO)NC(C)c1ccc(Br)cc1O. The molecule has 0 bridgehead atoms. The van der Waals surface area contributed by atoms with E-state index in [4.69, 9.17) is 5.11 Å². The summed E-state index contributed by atoms with van der Waals surface area (Å²) in [5.41, 5.74) is 0.869. The Balaban J connectivity index is 2.69. The highest BCUT2D eigenvalue weighted by Gasteiger charge is 2.12. The van der Waals surface area contributed by atoms with Crippen LogP contribution in [-0.4, -0.2) is 22.9 Å². The van der Waals surface area contributed by atoms with Crippen molar-refractivity contribution in [2.75, 3.05) is 6.61 Å². The molecule has 0 fully saturated rings. The lowest BCUT2D eigenvalue weighted by molar-refractivity contribution is 0.264. The van der Waals surface area contributed by atoms with E-state index in [1.54, 1.807) is 6.07 Å². The summed E-state index contributed by atoms with van der Waals surface area (Å²) < 4.78 is 0.865. The van der Waals surface area contributed by atoms with Crippen LogP contribution in [0.2, 0.25) is 0 Å². The number of aromatic hydroxyl groups is 1. The zero-order chi connectivity index (χ0) is 12.1. The minimum Gasteiger partial charge on any atom is -0.508 e. The highest BCUT2D eigenvalue weighted by atomic mass is 79.9. The van der Waals surface area contributed by atoms with Crippen LogP contribution in [0.15, 0.2) is 22.7 Å². The quantitative estimate of drug-likeness (QED) is 0.780. The number of aliphatic hydroxyl groups excluding tert-OH is 1. The van der Waals surface area contributed by atoms with Gasteiger partial charge < -0.3 is 15.5 Å². The third kappa shape index (κ3) is 3.77. The van der Waals surface area contributed by atoms with E-state index in [-0.39, 0.29) is 24.4 Å². The molecule has 1 aromatic carbocycles. The number of aliphatic hydroxyl groups is 1. The highest BCUT2D eigenvalue weighted by molar-refractivity contribution is 9.10. The van der Waals surface area contributed by atoms with E-state index in [9.17, 15) is 5.11 Å². The van der Waals surface area contributed by atoms with Crippen molar-refractivity contribution in [2.24, 2.45) is 0 Å². The molecule has 3 N–H and O–H groups in total. The average Bonchev–Trinajstić information content (AvgIpc) is 2.17. The van der Waals surface area contributed by atoms with Gasteiger partial charge in [0.25, 0.3) is 0 Å². The first-order chi connectivity index (χ1) is 7.54. The molecule has 0 spiro atoms. The van der Waals surface area contributed by atoms with Crippen molar-refractivity contribution < 1.29 is 10.2 Å². The summed E-state index contributed by atoms with van der Waals surface area (Å²) in [6.07, 6.45) is 0.710. The largest absolute Gasteiger partial charge is 0.508 e. The molecular formula is C12H18BrNO2. The average molecular weight is 288 g/mol. The Bertz CT molecular complexity index is 344. The van der Waals surface area contributed by atoms with Crippen LogP contribution in [0.1, 0.15) is 31.9 Å². The van der Waals surface area contributed by atoms with Crippen LogP contribution < -0.4 is 5.32 Å². The lowest BCUT2D eigenvalue weighted by atomic mass is 10.1. The molecule has 4 heteroatoms. The van der Waals surface area contributed by atoms with E-state index >= 15 is 0 Å². The zero-order valence-corrected chi connectivity index (χ0v) is 11.2. The van der Waals surface area contributed by atoms with Gasteiger partial charge in [0.15, 0.2) is 0 Å². The fourth-order valence-electron chi connectivity index (χ4n) is 1.68. The molecule has 1 aromatic rings. The number of phenolic OH excluding ortho intramolecular Hbond substituents is 1. The Labute approximate surface area is 105 Å². The molecule has 90 valence electrons. The molecule has 1 rings (SSSR count). The van der Waals surface area contributed by atoms with Crippen LogP contribution in [0, 0.1) is 0 Å². The van der Waals surface area contributed by atoms with Gasteiger partial charge in [-0.15, -0.1) is 0 Å². The fourth-order valence-corrected chi connectivity index (χ4v) is 2.03. The molecule has 3 nitrogen and oxygen atoms in total. The lowest BCUT2D eigenvalue weighted by Gasteiger charge is -2.20. The summed E-state index contributed by atoms with van der Waals surface area (Å²) in [5.74, 6) is 0.283. The summed E-state index contributed by atoms with van der Waals surface area (Å²) >= 11 is 3.31. The minimum absolute atomic E-state index is 0.0645. The van der Waals surface area contributed by atoms with Crippen LogP contribution in [0.5, 0.6) is 5.75 Å². The monoisotopic (exact) mass is 287 g/mol. The second-order valence-electron chi connectivity index (χ2n) is 4.00. The minimum atomic E-state index is 0.0645. The summed E-state index contributed by atoms with van der Waals surface area (Å²) in [7, 11) is 0. The van der Waals surface area contributed by atoms with Crippen LogP contribution in [0.3, 0.4) is 0 Å². The van der Waals surface area contributed by atoms with Gasteiger partial charge in [0, 0.05) is 28.7 Å². The third-order valence-corrected chi connectivity index (χ3v) is 3.05. The predicted molar refractivity (Wildman–Crippen MR) is 68.5 cm³/mol. The molecule has 0 amide bonds. The Hall–Kier alpha value is -0.580. The third-order valence-electron chi connectivity index (χ3n) is 2.56. The van der Waals surface area contributed by atoms with Gasteiger partial charge in [0.05, 0.1) is 0 Å². The molecule has 16 heavy (non-hydrogen) atoms. The number of phenols is 1. The Kier molecular flexibility index (Phi) is 5.25. The van der Waals surface area contributed by atoms with Gasteiger partial charge in [0.1, 0.15) is 5.75 Å². The van der Waals surface area contributed by atoms with Crippen molar-refractivity contribution in [1.29, 1.82) is 0 Å². The maximum atomic E-state index is 9.79. The van der Waals surface area contributed by atoms with Crippen molar-refractivity contribution in [2.45, 2.75) is 32.4 Å². The van der Waals surface area contributed by atoms with E-state index < -0.39 is 0 Å². The first-order valence-corrected chi connectivity index (χ1v) is 6.19. The number of halogens is 1. The smallest absolute Gasteiger partial charge is 0.121 e. The van der Waals surface area contributed by atoms with Gasteiger partial charge >= 0.3 is 0 Å². The van der Waals surface area contributed by atoms with Crippen molar-refractivity contribution in [1.82, 2.24) is 5.32 Å². The molecule has 0 aliphatic rings. The lowest BCUT2D eigenvalue weighted by Crippen LogP contribution is -2.29. The van der Waals surface area contributed by atoms with E-state index in [2.05, 4.69) is 21.2 Å². The van der Waals surface area contributed by atoms with E-state index in [1.165, 1.54) is 0 Å². The maximum Gasteiger partial charge on any atom is 0.121 e. The van der Waals surface area contributed by atoms with Gasteiger partial charge in [-0.25, -0.2) is 0 Å². The topological polar surface area (TPSA) is 52.5 Å².